The second-order valence-corrected chi connectivity index (χ2v) is 25.7. The van der Waals surface area contributed by atoms with Gasteiger partial charge in [0, 0.05) is 25.7 Å². The lowest BCUT2D eigenvalue weighted by atomic mass is 9.97. The molecule has 4 N–H and O–H groups in total. The molecule has 0 aliphatic carbocycles. The highest BCUT2D eigenvalue weighted by atomic mass is 16.6. The van der Waals surface area contributed by atoms with Crippen LogP contribution in [0.15, 0.2) is 36.5 Å². The van der Waals surface area contributed by atoms with Gasteiger partial charge in [-0.15, -0.1) is 0 Å². The van der Waals surface area contributed by atoms with E-state index in [1.807, 2.05) is 30.3 Å². The summed E-state index contributed by atoms with van der Waals surface area (Å²) in [5, 5.41) is 11.0. The lowest BCUT2D eigenvalue weighted by molar-refractivity contribution is -0.158. The van der Waals surface area contributed by atoms with Crippen LogP contribution in [0.1, 0.15) is 210 Å². The molecule has 4 amide bonds. The Morgan fingerprint density at radius 3 is 1.33 bits per heavy atom. The molecule has 20 nitrogen and oxygen atoms in total. The normalized spacial score (nSPS) is 13.4. The fraction of sp³-hybridized carbons (Fsp3) is 0.695. The van der Waals surface area contributed by atoms with Gasteiger partial charge in [-0.3, -0.25) is 9.59 Å². The molecule has 0 radical (unpaired) electrons. The summed E-state index contributed by atoms with van der Waals surface area (Å²) in [7, 11) is 0. The SMILES string of the molecule is CC(C)(C)OC(=O)N[C@@H](CCCCn1cc(CC[C@H](NC(=O)OC(C)(C)C)C(=O)OC(C)(C)C)c(CC[C@H](NC(=O)OC(C)(C)C)C(=O)OC(C)(C)C)c1C(=O)NCCCCCC(=O)OCc1ccccc1)C(=O)OC(C)(C)C. The molecule has 3 atom stereocenters. The molecule has 1 aromatic carbocycles. The maximum atomic E-state index is 14.8. The van der Waals surface area contributed by atoms with Gasteiger partial charge >= 0.3 is 42.2 Å². The van der Waals surface area contributed by atoms with Crippen LogP contribution in [0.25, 0.3) is 0 Å². The maximum Gasteiger partial charge on any atom is 0.408 e. The van der Waals surface area contributed by atoms with Crippen LogP contribution in [0.5, 0.6) is 0 Å². The summed E-state index contributed by atoms with van der Waals surface area (Å²) in [4.78, 5) is 108. The molecular weight excluding hydrogens is 1020 g/mol. The Morgan fingerprint density at radius 1 is 0.481 bits per heavy atom. The minimum absolute atomic E-state index is 0.0143. The molecule has 0 bridgehead atoms. The van der Waals surface area contributed by atoms with Gasteiger partial charge in [0.15, 0.2) is 0 Å². The summed E-state index contributed by atoms with van der Waals surface area (Å²) >= 11 is 0. The Hall–Kier alpha value is -6.34. The zero-order valence-electron chi connectivity index (χ0n) is 50.7. The van der Waals surface area contributed by atoms with Crippen LogP contribution >= 0.6 is 0 Å². The molecule has 0 saturated heterocycles. The van der Waals surface area contributed by atoms with Crippen molar-refractivity contribution >= 4 is 48.1 Å². The Kier molecular flexibility index (Phi) is 26.4. The van der Waals surface area contributed by atoms with E-state index in [-0.39, 0.29) is 69.9 Å². The number of benzene rings is 1. The van der Waals surface area contributed by atoms with Crippen molar-refractivity contribution in [2.24, 2.45) is 0 Å². The van der Waals surface area contributed by atoms with Gasteiger partial charge in [0.05, 0.1) is 0 Å². The zero-order valence-corrected chi connectivity index (χ0v) is 50.7. The number of amides is 4. The third-order valence-corrected chi connectivity index (χ3v) is 10.7. The number of carbonyl (C=O) groups is 8. The van der Waals surface area contributed by atoms with E-state index in [0.29, 0.717) is 43.2 Å². The fourth-order valence-corrected chi connectivity index (χ4v) is 7.70. The van der Waals surface area contributed by atoms with E-state index >= 15 is 0 Å². The standard InChI is InChI=1S/C59H95N5O15/c1-54(2,3)74-48(67)42(61-51(70)77-57(10,11)12)29-24-26-36-64-37-40(31-33-43(49(68)75-55(4,5)6)62-52(71)78-58(13,14)15)41(32-34-44(50(69)76-56(7,8)9)63-53(72)79-59(16,17)18)46(64)47(66)60-35-25-20-23-30-45(65)73-38-39-27-21-19-22-28-39/h19,21-22,27-28,37,42-44H,20,23-26,29-36,38H2,1-18H3,(H,60,66)(H,61,70)(H,62,71)(H,63,72)/t42-,43-,44-/m0/s1. The molecule has 446 valence electrons. The Labute approximate surface area is 469 Å². The topological polar surface area (TPSA) is 254 Å². The summed E-state index contributed by atoms with van der Waals surface area (Å²) in [6, 6.07) is 5.86. The third kappa shape index (κ3) is 30.6. The van der Waals surface area contributed by atoms with Gasteiger partial charge in [0.2, 0.25) is 0 Å². The van der Waals surface area contributed by atoms with E-state index in [1.165, 1.54) is 0 Å². The van der Waals surface area contributed by atoms with Crippen molar-refractivity contribution < 1.29 is 71.5 Å². The molecule has 2 aromatic rings. The molecule has 0 aliphatic heterocycles. The highest BCUT2D eigenvalue weighted by Crippen LogP contribution is 2.26. The summed E-state index contributed by atoms with van der Waals surface area (Å²) in [6.45, 7) is 31.3. The van der Waals surface area contributed by atoms with Crippen molar-refractivity contribution in [3.05, 3.63) is 58.9 Å². The number of unbranched alkanes of at least 4 members (excludes halogenated alkanes) is 3. The number of esters is 4. The number of rotatable bonds is 26. The predicted octanol–water partition coefficient (Wildman–Crippen LogP) is 10.3. The van der Waals surface area contributed by atoms with E-state index < -0.39 is 93.8 Å². The number of ether oxygens (including phenoxy) is 7. The fourth-order valence-electron chi connectivity index (χ4n) is 7.70. The van der Waals surface area contributed by atoms with E-state index in [0.717, 1.165) is 5.56 Å². The zero-order chi connectivity index (χ0) is 60.2. The summed E-state index contributed by atoms with van der Waals surface area (Å²) in [6.07, 6.45) is 2.05. The van der Waals surface area contributed by atoms with Crippen molar-refractivity contribution in [1.29, 1.82) is 0 Å². The molecule has 20 heteroatoms. The monoisotopic (exact) mass is 1110 g/mol. The molecule has 1 heterocycles. The molecule has 0 fully saturated rings. The summed E-state index contributed by atoms with van der Waals surface area (Å²) in [5.41, 5.74) is -3.16. The highest BCUT2D eigenvalue weighted by molar-refractivity contribution is 5.95. The minimum Gasteiger partial charge on any atom is -0.461 e. The number of hydrogen-bond acceptors (Lipinski definition) is 15. The maximum absolute atomic E-state index is 14.8. The first-order valence-corrected chi connectivity index (χ1v) is 27.5. The third-order valence-electron chi connectivity index (χ3n) is 10.7. The number of hydrogen-bond donors (Lipinski definition) is 4. The Balaban J connectivity index is 2.71. The molecule has 0 saturated carbocycles. The number of aromatic nitrogens is 1. The van der Waals surface area contributed by atoms with Crippen LogP contribution < -0.4 is 21.3 Å². The molecule has 0 spiro atoms. The smallest absolute Gasteiger partial charge is 0.408 e. The first-order valence-electron chi connectivity index (χ1n) is 27.5. The molecular formula is C59H95N5O15. The van der Waals surface area contributed by atoms with Crippen LogP contribution in [-0.4, -0.2) is 111 Å². The van der Waals surface area contributed by atoms with E-state index in [1.54, 1.807) is 135 Å². The largest absolute Gasteiger partial charge is 0.461 e. The van der Waals surface area contributed by atoms with Crippen molar-refractivity contribution in [2.75, 3.05) is 6.54 Å². The van der Waals surface area contributed by atoms with Crippen molar-refractivity contribution in [3.8, 4) is 0 Å². The van der Waals surface area contributed by atoms with Gasteiger partial charge < -0.3 is 59.0 Å². The molecule has 0 aliphatic rings. The number of carbonyl (C=O) groups excluding carboxylic acids is 8. The first-order chi connectivity index (χ1) is 36.2. The van der Waals surface area contributed by atoms with Gasteiger partial charge in [-0.25, -0.2) is 28.8 Å². The molecule has 2 rings (SSSR count). The second-order valence-electron chi connectivity index (χ2n) is 25.7. The van der Waals surface area contributed by atoms with E-state index in [4.69, 9.17) is 33.2 Å². The predicted molar refractivity (Wildman–Crippen MR) is 299 cm³/mol. The van der Waals surface area contributed by atoms with Crippen molar-refractivity contribution in [1.82, 2.24) is 25.8 Å². The molecule has 0 unspecified atom stereocenters. The molecule has 1 aromatic heterocycles. The Morgan fingerprint density at radius 2 is 0.899 bits per heavy atom. The van der Waals surface area contributed by atoms with Gasteiger partial charge in [-0.1, -0.05) is 36.8 Å². The number of alkyl carbamates (subject to hydrolysis) is 3. The van der Waals surface area contributed by atoms with Gasteiger partial charge in [0.25, 0.3) is 5.91 Å². The lowest BCUT2D eigenvalue weighted by Crippen LogP contribution is -2.46. The first kappa shape index (κ1) is 68.8. The van der Waals surface area contributed by atoms with Gasteiger partial charge in [0.1, 0.15) is 64.0 Å². The van der Waals surface area contributed by atoms with Crippen LogP contribution in [0.2, 0.25) is 0 Å². The van der Waals surface area contributed by atoms with E-state index in [2.05, 4.69) is 21.3 Å². The van der Waals surface area contributed by atoms with E-state index in [9.17, 15) is 38.4 Å². The van der Waals surface area contributed by atoms with Crippen LogP contribution in [0, 0.1) is 0 Å². The number of aryl methyl sites for hydroxylation is 2. The highest BCUT2D eigenvalue weighted by Gasteiger charge is 2.34. The lowest BCUT2D eigenvalue weighted by Gasteiger charge is -2.27. The van der Waals surface area contributed by atoms with Gasteiger partial charge in [-0.2, -0.15) is 0 Å². The minimum atomic E-state index is -1.24. The number of nitrogens with one attached hydrogen (secondary N) is 4. The number of nitrogens with zero attached hydrogens (tertiary/aromatic N) is 1. The Bertz CT molecular complexity index is 2320. The van der Waals surface area contributed by atoms with Crippen LogP contribution in [-0.2, 0) is 78.3 Å². The average Bonchev–Trinajstić information content (AvgIpc) is 3.61. The van der Waals surface area contributed by atoms with Crippen LogP contribution in [0.3, 0.4) is 0 Å². The quantitative estimate of drug-likeness (QED) is 0.0388. The second kappa shape index (κ2) is 30.3. The van der Waals surface area contributed by atoms with Crippen molar-refractivity contribution in [3.63, 3.8) is 0 Å². The summed E-state index contributed by atoms with van der Waals surface area (Å²) < 4.78 is 40.9. The van der Waals surface area contributed by atoms with Gasteiger partial charge in [-0.05, 0) is 199 Å². The summed E-state index contributed by atoms with van der Waals surface area (Å²) in [5.74, 6) is -2.89. The van der Waals surface area contributed by atoms with Crippen molar-refractivity contribution in [2.45, 2.75) is 260 Å². The average molecular weight is 1110 g/mol. The molecule has 79 heavy (non-hydrogen) atoms. The van der Waals surface area contributed by atoms with Crippen LogP contribution in [0.4, 0.5) is 14.4 Å².